The normalized spacial score (nSPS) is 11.8. The van der Waals surface area contributed by atoms with Crippen molar-refractivity contribution in [3.8, 4) is 0 Å². The standard InChI is InChI=1S/C9H8Br2Se2/c1-12-9(11)6-13-8-4-2-7(10)3-5-8/h2-6H,1H3/b9-6-. The maximum absolute atomic E-state index is 3.54. The molecule has 1 aromatic carbocycles. The van der Waals surface area contributed by atoms with Gasteiger partial charge in [-0.15, -0.1) is 0 Å². The Morgan fingerprint density at radius 3 is 2.46 bits per heavy atom. The van der Waals surface area contributed by atoms with Gasteiger partial charge in [-0.3, -0.25) is 0 Å². The number of hydrogen-bond acceptors (Lipinski definition) is 0. The summed E-state index contributed by atoms with van der Waals surface area (Å²) in [6, 6.07) is 8.53. The van der Waals surface area contributed by atoms with Gasteiger partial charge in [0.15, 0.2) is 0 Å². The van der Waals surface area contributed by atoms with Gasteiger partial charge >= 0.3 is 109 Å². The predicted octanol–water partition coefficient (Wildman–Crippen LogP) is 2.72. The Labute approximate surface area is 108 Å². The van der Waals surface area contributed by atoms with Crippen molar-refractivity contribution in [3.63, 3.8) is 0 Å². The van der Waals surface area contributed by atoms with Crippen LogP contribution in [0.2, 0.25) is 5.82 Å². The van der Waals surface area contributed by atoms with Crippen LogP contribution in [0.25, 0.3) is 0 Å². The van der Waals surface area contributed by atoms with E-state index in [9.17, 15) is 0 Å². The Kier molecular flexibility index (Phi) is 5.96. The van der Waals surface area contributed by atoms with Crippen LogP contribution < -0.4 is 4.46 Å². The van der Waals surface area contributed by atoms with E-state index in [-0.39, 0.29) is 0 Å². The zero-order chi connectivity index (χ0) is 9.68. The second kappa shape index (κ2) is 6.44. The molecule has 0 N–H and O–H groups in total. The molecule has 0 spiro atoms. The average molecular weight is 434 g/mol. The van der Waals surface area contributed by atoms with Gasteiger partial charge < -0.3 is 0 Å². The maximum atomic E-state index is 3.54. The summed E-state index contributed by atoms with van der Waals surface area (Å²) in [7, 11) is 0. The first-order chi connectivity index (χ1) is 6.22. The predicted molar refractivity (Wildman–Crippen MR) is 68.2 cm³/mol. The Balaban J connectivity index is 2.60. The number of benzene rings is 1. The molecule has 0 atom stereocenters. The number of rotatable bonds is 3. The first-order valence-electron chi connectivity index (χ1n) is 3.54. The van der Waals surface area contributed by atoms with Crippen LogP contribution in [0.5, 0.6) is 0 Å². The first-order valence-corrected chi connectivity index (χ1v) is 9.54. The summed E-state index contributed by atoms with van der Waals surface area (Å²) in [6.07, 6.45) is 0. The van der Waals surface area contributed by atoms with Gasteiger partial charge in [0.2, 0.25) is 0 Å². The minimum atomic E-state index is 0.470. The van der Waals surface area contributed by atoms with Crippen LogP contribution in [0.15, 0.2) is 37.1 Å². The molecule has 0 radical (unpaired) electrons. The van der Waals surface area contributed by atoms with Crippen molar-refractivity contribution in [2.24, 2.45) is 0 Å². The topological polar surface area (TPSA) is 0 Å². The van der Waals surface area contributed by atoms with Crippen molar-refractivity contribution >= 4 is 66.2 Å². The summed E-state index contributed by atoms with van der Waals surface area (Å²) >= 11 is 8.03. The molecular weight excluding hydrogens is 426 g/mol. The van der Waals surface area contributed by atoms with Gasteiger partial charge in [0.05, 0.1) is 0 Å². The quantitative estimate of drug-likeness (QED) is 0.643. The van der Waals surface area contributed by atoms with Gasteiger partial charge in [-0.05, 0) is 0 Å². The van der Waals surface area contributed by atoms with E-state index in [0.717, 1.165) is 4.47 Å². The van der Waals surface area contributed by atoms with Crippen LogP contribution >= 0.6 is 31.9 Å². The molecule has 13 heavy (non-hydrogen) atoms. The molecule has 0 heterocycles. The summed E-state index contributed by atoms with van der Waals surface area (Å²) < 4.78 is 3.93. The molecule has 0 nitrogen and oxygen atoms in total. The van der Waals surface area contributed by atoms with Crippen molar-refractivity contribution in [1.29, 1.82) is 0 Å². The molecule has 0 amide bonds. The number of hydrogen-bond donors (Lipinski definition) is 0. The van der Waals surface area contributed by atoms with Crippen LogP contribution in [0.1, 0.15) is 0 Å². The monoisotopic (exact) mass is 434 g/mol. The molecule has 1 rings (SSSR count). The van der Waals surface area contributed by atoms with E-state index in [0.29, 0.717) is 29.9 Å². The molecule has 4 heteroatoms. The SMILES string of the molecule is C[Se]/C(Br)=C\[Se]c1ccc(Br)cc1. The van der Waals surface area contributed by atoms with Gasteiger partial charge in [0.25, 0.3) is 0 Å². The molecular formula is C9H8Br2Se2. The van der Waals surface area contributed by atoms with E-state index in [1.54, 1.807) is 0 Å². The molecule has 0 fully saturated rings. The third-order valence-electron chi connectivity index (χ3n) is 1.30. The van der Waals surface area contributed by atoms with Gasteiger partial charge in [0.1, 0.15) is 0 Å². The van der Waals surface area contributed by atoms with Gasteiger partial charge in [-0.25, -0.2) is 0 Å². The van der Waals surface area contributed by atoms with Crippen LogP contribution in [-0.4, -0.2) is 29.9 Å². The van der Waals surface area contributed by atoms with Crippen molar-refractivity contribution in [1.82, 2.24) is 0 Å². The Hall–Kier alpha value is 0.959. The molecule has 0 aliphatic carbocycles. The molecule has 1 aromatic rings. The Morgan fingerprint density at radius 1 is 1.31 bits per heavy atom. The van der Waals surface area contributed by atoms with E-state index in [2.05, 4.69) is 66.9 Å². The van der Waals surface area contributed by atoms with Gasteiger partial charge in [-0.2, -0.15) is 0 Å². The van der Waals surface area contributed by atoms with Gasteiger partial charge in [0, 0.05) is 0 Å². The van der Waals surface area contributed by atoms with Crippen LogP contribution in [0, 0.1) is 0 Å². The van der Waals surface area contributed by atoms with Crippen molar-refractivity contribution in [2.45, 2.75) is 5.82 Å². The summed E-state index contributed by atoms with van der Waals surface area (Å²) in [5.74, 6) is 2.21. The average Bonchev–Trinajstić information content (AvgIpc) is 2.16. The number of halogens is 2. The summed E-state index contributed by atoms with van der Waals surface area (Å²) in [4.78, 5) is 2.30. The second-order valence-corrected chi connectivity index (χ2v) is 8.91. The molecule has 0 aliphatic heterocycles. The molecule has 70 valence electrons. The van der Waals surface area contributed by atoms with Gasteiger partial charge in [-0.1, -0.05) is 0 Å². The summed E-state index contributed by atoms with van der Waals surface area (Å²) in [6.45, 7) is 0. The molecule has 0 bridgehead atoms. The summed E-state index contributed by atoms with van der Waals surface area (Å²) in [5, 5.41) is 0. The molecule has 0 aromatic heterocycles. The third kappa shape index (κ3) is 4.83. The molecule has 0 saturated carbocycles. The minimum absolute atomic E-state index is 0.470. The van der Waals surface area contributed by atoms with E-state index in [1.807, 2.05) is 0 Å². The fourth-order valence-electron chi connectivity index (χ4n) is 0.676. The van der Waals surface area contributed by atoms with E-state index >= 15 is 0 Å². The van der Waals surface area contributed by atoms with E-state index in [4.69, 9.17) is 0 Å². The van der Waals surface area contributed by atoms with Crippen molar-refractivity contribution in [2.75, 3.05) is 0 Å². The van der Waals surface area contributed by atoms with Crippen LogP contribution in [-0.2, 0) is 0 Å². The van der Waals surface area contributed by atoms with Crippen LogP contribution in [0.4, 0.5) is 0 Å². The van der Waals surface area contributed by atoms with E-state index < -0.39 is 0 Å². The molecule has 0 unspecified atom stereocenters. The molecule has 0 aliphatic rings. The summed E-state index contributed by atoms with van der Waals surface area (Å²) in [5.41, 5.74) is 0. The van der Waals surface area contributed by atoms with Crippen molar-refractivity contribution in [3.05, 3.63) is 37.1 Å². The molecule has 0 saturated heterocycles. The van der Waals surface area contributed by atoms with Crippen molar-refractivity contribution < 1.29 is 0 Å². The zero-order valence-corrected chi connectivity index (χ0v) is 13.6. The first kappa shape index (κ1) is 12.0. The third-order valence-corrected chi connectivity index (χ3v) is 8.12. The van der Waals surface area contributed by atoms with Crippen LogP contribution in [0.3, 0.4) is 0 Å². The Bertz CT molecular complexity index is 293. The van der Waals surface area contributed by atoms with E-state index in [1.165, 1.54) is 7.84 Å². The fourth-order valence-corrected chi connectivity index (χ4v) is 4.30. The fraction of sp³-hybridized carbons (Fsp3) is 0.111. The second-order valence-electron chi connectivity index (χ2n) is 2.20. The zero-order valence-electron chi connectivity index (χ0n) is 6.96. The Morgan fingerprint density at radius 2 is 1.92 bits per heavy atom.